The molecule has 1 aliphatic heterocycles. The molecule has 2 N–H and O–H groups in total. The molecular weight excluding hydrogens is 176 g/mol. The van der Waals surface area contributed by atoms with Crippen molar-refractivity contribution in [2.45, 2.75) is 19.0 Å². The van der Waals surface area contributed by atoms with Crippen LogP contribution in [0.3, 0.4) is 0 Å². The molecule has 2 heterocycles. The molecule has 4 nitrogen and oxygen atoms in total. The number of hydrogen-bond acceptors (Lipinski definition) is 4. The second-order valence-corrected chi connectivity index (χ2v) is 3.45. The number of nitrogens with zero attached hydrogens (tertiary/aromatic N) is 3. The zero-order valence-corrected chi connectivity index (χ0v) is 7.85. The van der Waals surface area contributed by atoms with Crippen LogP contribution in [0.1, 0.15) is 18.4 Å². The molecule has 1 aromatic rings. The molecule has 0 radical (unpaired) electrons. The molecule has 1 atom stereocenters. The molecule has 0 amide bonds. The van der Waals surface area contributed by atoms with E-state index < -0.39 is 0 Å². The van der Waals surface area contributed by atoms with Crippen molar-refractivity contribution in [1.82, 2.24) is 4.98 Å². The summed E-state index contributed by atoms with van der Waals surface area (Å²) >= 11 is 0. The van der Waals surface area contributed by atoms with Gasteiger partial charge < -0.3 is 10.6 Å². The van der Waals surface area contributed by atoms with Gasteiger partial charge in [-0.05, 0) is 18.9 Å². The number of pyridine rings is 1. The first-order chi connectivity index (χ1) is 6.81. The fourth-order valence-corrected chi connectivity index (χ4v) is 1.76. The predicted molar refractivity (Wildman–Crippen MR) is 53.5 cm³/mol. The standard InChI is InChI=1S/C10H12N4/c11-5-8-4-9(7-13-6-8)14-3-1-2-10(14)12/h4,6-7,10H,1-3,12H2. The Morgan fingerprint density at radius 1 is 1.57 bits per heavy atom. The minimum atomic E-state index is 0.0748. The lowest BCUT2D eigenvalue weighted by Gasteiger charge is -2.22. The Kier molecular flexibility index (Phi) is 2.33. The Morgan fingerprint density at radius 2 is 2.43 bits per heavy atom. The Bertz CT molecular complexity index is 369. The molecule has 1 fully saturated rings. The third kappa shape index (κ3) is 1.54. The van der Waals surface area contributed by atoms with Crippen LogP contribution >= 0.6 is 0 Å². The third-order valence-electron chi connectivity index (χ3n) is 2.48. The van der Waals surface area contributed by atoms with Crippen LogP contribution in [0, 0.1) is 11.3 Å². The lowest BCUT2D eigenvalue weighted by molar-refractivity contribution is 0.700. The molecule has 14 heavy (non-hydrogen) atoms. The summed E-state index contributed by atoms with van der Waals surface area (Å²) in [4.78, 5) is 6.11. The van der Waals surface area contributed by atoms with Crippen molar-refractivity contribution in [1.29, 1.82) is 5.26 Å². The van der Waals surface area contributed by atoms with Crippen LogP contribution in [0.4, 0.5) is 5.69 Å². The van der Waals surface area contributed by atoms with Crippen molar-refractivity contribution >= 4 is 5.69 Å². The van der Waals surface area contributed by atoms with E-state index in [2.05, 4.69) is 16.0 Å². The number of aromatic nitrogens is 1. The number of hydrogen-bond donors (Lipinski definition) is 1. The van der Waals surface area contributed by atoms with E-state index in [4.69, 9.17) is 11.0 Å². The van der Waals surface area contributed by atoms with E-state index in [-0.39, 0.29) is 6.17 Å². The highest BCUT2D eigenvalue weighted by Gasteiger charge is 2.21. The lowest BCUT2D eigenvalue weighted by atomic mass is 10.2. The summed E-state index contributed by atoms with van der Waals surface area (Å²) in [5.41, 5.74) is 7.46. The molecule has 0 aliphatic carbocycles. The van der Waals surface area contributed by atoms with Crippen molar-refractivity contribution in [3.8, 4) is 6.07 Å². The third-order valence-corrected chi connectivity index (χ3v) is 2.48. The van der Waals surface area contributed by atoms with E-state index in [1.54, 1.807) is 12.4 Å². The number of anilines is 1. The smallest absolute Gasteiger partial charge is 0.101 e. The molecule has 0 saturated carbocycles. The first kappa shape index (κ1) is 8.97. The molecule has 0 aromatic carbocycles. The highest BCUT2D eigenvalue weighted by atomic mass is 15.2. The zero-order valence-electron chi connectivity index (χ0n) is 7.85. The summed E-state index contributed by atoms with van der Waals surface area (Å²) in [6.07, 6.45) is 5.51. The molecule has 1 aliphatic rings. The van der Waals surface area contributed by atoms with Crippen LogP contribution in [-0.4, -0.2) is 17.7 Å². The Labute approximate surface area is 83.0 Å². The quantitative estimate of drug-likeness (QED) is 0.709. The molecule has 1 unspecified atom stereocenters. The minimum absolute atomic E-state index is 0.0748. The first-order valence-corrected chi connectivity index (χ1v) is 4.68. The SMILES string of the molecule is N#Cc1cncc(N2CCCC2N)c1. The lowest BCUT2D eigenvalue weighted by Crippen LogP contribution is -2.36. The maximum absolute atomic E-state index is 8.73. The van der Waals surface area contributed by atoms with Gasteiger partial charge >= 0.3 is 0 Å². The van der Waals surface area contributed by atoms with Gasteiger partial charge in [-0.1, -0.05) is 0 Å². The van der Waals surface area contributed by atoms with Crippen molar-refractivity contribution in [2.75, 3.05) is 11.4 Å². The molecule has 0 bridgehead atoms. The van der Waals surface area contributed by atoms with E-state index in [1.807, 2.05) is 6.07 Å². The van der Waals surface area contributed by atoms with E-state index in [0.29, 0.717) is 5.56 Å². The normalized spacial score (nSPS) is 20.9. The zero-order chi connectivity index (χ0) is 9.97. The van der Waals surface area contributed by atoms with E-state index in [9.17, 15) is 0 Å². The minimum Gasteiger partial charge on any atom is -0.355 e. The summed E-state index contributed by atoms with van der Waals surface area (Å²) in [5, 5.41) is 8.73. The Morgan fingerprint density at radius 3 is 3.07 bits per heavy atom. The van der Waals surface area contributed by atoms with Crippen molar-refractivity contribution in [3.05, 3.63) is 24.0 Å². The van der Waals surface area contributed by atoms with Crippen LogP contribution in [0.15, 0.2) is 18.5 Å². The molecule has 1 aromatic heterocycles. The highest BCUT2D eigenvalue weighted by molar-refractivity contribution is 5.50. The van der Waals surface area contributed by atoms with E-state index in [1.165, 1.54) is 0 Å². The van der Waals surface area contributed by atoms with Crippen LogP contribution in [0.5, 0.6) is 0 Å². The predicted octanol–water partition coefficient (Wildman–Crippen LogP) is 0.838. The van der Waals surface area contributed by atoms with Crippen molar-refractivity contribution in [2.24, 2.45) is 5.73 Å². The summed E-state index contributed by atoms with van der Waals surface area (Å²) in [5.74, 6) is 0. The van der Waals surface area contributed by atoms with Crippen LogP contribution in [0.2, 0.25) is 0 Å². The van der Waals surface area contributed by atoms with Gasteiger partial charge in [-0.25, -0.2) is 0 Å². The van der Waals surface area contributed by atoms with Crippen LogP contribution < -0.4 is 10.6 Å². The topological polar surface area (TPSA) is 65.9 Å². The first-order valence-electron chi connectivity index (χ1n) is 4.68. The number of rotatable bonds is 1. The average Bonchev–Trinajstić information content (AvgIpc) is 2.65. The number of nitriles is 1. The molecule has 72 valence electrons. The van der Waals surface area contributed by atoms with Gasteiger partial charge in [0.1, 0.15) is 6.07 Å². The van der Waals surface area contributed by atoms with Crippen LogP contribution in [-0.2, 0) is 0 Å². The molecule has 1 saturated heterocycles. The van der Waals surface area contributed by atoms with Gasteiger partial charge in [0.2, 0.25) is 0 Å². The fourth-order valence-electron chi connectivity index (χ4n) is 1.76. The van der Waals surface area contributed by atoms with Crippen molar-refractivity contribution in [3.63, 3.8) is 0 Å². The largest absolute Gasteiger partial charge is 0.355 e. The van der Waals surface area contributed by atoms with Crippen LogP contribution in [0.25, 0.3) is 0 Å². The Hall–Kier alpha value is -1.60. The summed E-state index contributed by atoms with van der Waals surface area (Å²) < 4.78 is 0. The van der Waals surface area contributed by atoms with E-state index in [0.717, 1.165) is 25.1 Å². The molecule has 2 rings (SSSR count). The summed E-state index contributed by atoms with van der Waals surface area (Å²) in [6.45, 7) is 0.956. The van der Waals surface area contributed by atoms with Gasteiger partial charge in [-0.3, -0.25) is 4.98 Å². The van der Waals surface area contributed by atoms with Gasteiger partial charge in [0.15, 0.2) is 0 Å². The summed E-state index contributed by atoms with van der Waals surface area (Å²) in [7, 11) is 0. The number of nitrogens with two attached hydrogens (primary N) is 1. The van der Waals surface area contributed by atoms with Gasteiger partial charge in [0.05, 0.1) is 23.6 Å². The second kappa shape index (κ2) is 3.64. The van der Waals surface area contributed by atoms with Gasteiger partial charge in [0.25, 0.3) is 0 Å². The van der Waals surface area contributed by atoms with E-state index >= 15 is 0 Å². The molecule has 0 spiro atoms. The molecule has 4 heteroatoms. The van der Waals surface area contributed by atoms with Gasteiger partial charge in [-0.15, -0.1) is 0 Å². The van der Waals surface area contributed by atoms with Gasteiger partial charge in [0, 0.05) is 12.7 Å². The van der Waals surface area contributed by atoms with Crippen molar-refractivity contribution < 1.29 is 0 Å². The van der Waals surface area contributed by atoms with Gasteiger partial charge in [-0.2, -0.15) is 5.26 Å². The molecular formula is C10H12N4. The summed E-state index contributed by atoms with van der Waals surface area (Å²) in [6, 6.07) is 3.91. The maximum Gasteiger partial charge on any atom is 0.101 e. The fraction of sp³-hybridized carbons (Fsp3) is 0.400. The maximum atomic E-state index is 8.73. The highest BCUT2D eigenvalue weighted by Crippen LogP contribution is 2.22. The monoisotopic (exact) mass is 188 g/mol. The second-order valence-electron chi connectivity index (χ2n) is 3.45. The Balaban J connectivity index is 2.28. The average molecular weight is 188 g/mol.